The summed E-state index contributed by atoms with van der Waals surface area (Å²) in [4.78, 5) is 13.0. The van der Waals surface area contributed by atoms with E-state index in [4.69, 9.17) is 16.0 Å². The van der Waals surface area contributed by atoms with Crippen molar-refractivity contribution >= 4 is 22.6 Å². The summed E-state index contributed by atoms with van der Waals surface area (Å²) in [6.07, 6.45) is 3.25. The molecule has 26 heavy (non-hydrogen) atoms. The summed E-state index contributed by atoms with van der Waals surface area (Å²) >= 11 is 6.14. The number of halogens is 2. The van der Waals surface area contributed by atoms with Crippen LogP contribution in [0.4, 0.5) is 4.39 Å². The molecule has 1 aliphatic carbocycles. The van der Waals surface area contributed by atoms with Crippen LogP contribution in [0, 0.1) is 5.82 Å². The smallest absolute Gasteiger partial charge is 0.336 e. The van der Waals surface area contributed by atoms with Crippen molar-refractivity contribution in [3.05, 3.63) is 79.9 Å². The van der Waals surface area contributed by atoms with E-state index in [0.717, 1.165) is 35.1 Å². The number of nitrogens with one attached hydrogen (secondary N) is 1. The first kappa shape index (κ1) is 17.3. The van der Waals surface area contributed by atoms with Gasteiger partial charge in [0.25, 0.3) is 0 Å². The fourth-order valence-electron chi connectivity index (χ4n) is 3.83. The Morgan fingerprint density at radius 1 is 1.15 bits per heavy atom. The van der Waals surface area contributed by atoms with Crippen LogP contribution in [0.1, 0.15) is 28.7 Å². The van der Waals surface area contributed by atoms with Crippen LogP contribution < -0.4 is 10.5 Å². The maximum absolute atomic E-state index is 14.1. The molecule has 5 heteroatoms. The molecule has 2 aromatic carbocycles. The average molecular weight is 373 g/mol. The molecule has 0 fully saturated rings. The molecule has 0 radical (unpaired) electrons. The second-order valence-corrected chi connectivity index (χ2v) is 7.48. The van der Waals surface area contributed by atoms with Crippen molar-refractivity contribution in [2.45, 2.75) is 32.4 Å². The van der Waals surface area contributed by atoms with Gasteiger partial charge in [-0.3, -0.25) is 0 Å². The summed E-state index contributed by atoms with van der Waals surface area (Å²) in [6.45, 7) is 1.03. The summed E-state index contributed by atoms with van der Waals surface area (Å²) in [7, 11) is 1.97. The molecule has 1 atom stereocenters. The number of quaternary nitrogens is 1. The van der Waals surface area contributed by atoms with Crippen LogP contribution >= 0.6 is 11.6 Å². The highest BCUT2D eigenvalue weighted by Gasteiger charge is 2.18. The zero-order valence-corrected chi connectivity index (χ0v) is 15.3. The molecule has 0 saturated carbocycles. The molecule has 0 aliphatic heterocycles. The summed E-state index contributed by atoms with van der Waals surface area (Å²) in [6, 6.07) is 10.4. The quantitative estimate of drug-likeness (QED) is 0.713. The minimum Gasteiger partial charge on any atom is -0.423 e. The van der Waals surface area contributed by atoms with Gasteiger partial charge in [-0.1, -0.05) is 17.7 Å². The summed E-state index contributed by atoms with van der Waals surface area (Å²) < 4.78 is 19.5. The third-order valence-corrected chi connectivity index (χ3v) is 5.43. The van der Waals surface area contributed by atoms with E-state index in [9.17, 15) is 9.18 Å². The lowest BCUT2D eigenvalue weighted by Gasteiger charge is -2.16. The van der Waals surface area contributed by atoms with Crippen LogP contribution in [0.15, 0.2) is 45.6 Å². The highest BCUT2D eigenvalue weighted by molar-refractivity contribution is 6.31. The normalized spacial score (nSPS) is 14.6. The second-order valence-electron chi connectivity index (χ2n) is 7.07. The zero-order valence-electron chi connectivity index (χ0n) is 14.6. The first-order valence-electron chi connectivity index (χ1n) is 8.84. The average Bonchev–Trinajstić information content (AvgIpc) is 3.04. The number of benzene rings is 2. The lowest BCUT2D eigenvalue weighted by Crippen LogP contribution is -3.06. The fraction of sp³-hybridized carbons (Fsp3) is 0.286. The number of hydrogen-bond acceptors (Lipinski definition) is 2. The highest BCUT2D eigenvalue weighted by Crippen LogP contribution is 2.28. The van der Waals surface area contributed by atoms with Crippen molar-refractivity contribution in [1.29, 1.82) is 0 Å². The molecule has 0 bridgehead atoms. The topological polar surface area (TPSA) is 34.7 Å². The molecule has 3 nitrogen and oxygen atoms in total. The van der Waals surface area contributed by atoms with Gasteiger partial charge in [-0.15, -0.1) is 0 Å². The molecule has 3 aromatic rings. The van der Waals surface area contributed by atoms with E-state index in [0.29, 0.717) is 29.3 Å². The molecule has 4 rings (SSSR count). The van der Waals surface area contributed by atoms with Crippen molar-refractivity contribution in [3.8, 4) is 0 Å². The van der Waals surface area contributed by atoms with Gasteiger partial charge in [0, 0.05) is 17.0 Å². The Morgan fingerprint density at radius 2 is 1.92 bits per heavy atom. The van der Waals surface area contributed by atoms with Crippen LogP contribution in [-0.2, 0) is 25.9 Å². The lowest BCUT2D eigenvalue weighted by atomic mass is 10.0. The number of aryl methyl sites for hydroxylation is 2. The van der Waals surface area contributed by atoms with Crippen molar-refractivity contribution in [1.82, 2.24) is 0 Å². The Labute approximate surface area is 156 Å². The third kappa shape index (κ3) is 3.27. The lowest BCUT2D eigenvalue weighted by molar-refractivity contribution is -0.907. The van der Waals surface area contributed by atoms with Gasteiger partial charge < -0.3 is 9.32 Å². The number of rotatable bonds is 4. The molecular weight excluding hydrogens is 353 g/mol. The van der Waals surface area contributed by atoms with Crippen molar-refractivity contribution < 1.29 is 13.7 Å². The largest absolute Gasteiger partial charge is 0.423 e. The Bertz CT molecular complexity index is 1020. The second kappa shape index (κ2) is 6.86. The molecule has 1 heterocycles. The fourth-order valence-corrected chi connectivity index (χ4v) is 4.06. The molecule has 1 aliphatic rings. The first-order chi connectivity index (χ1) is 12.5. The van der Waals surface area contributed by atoms with Crippen LogP contribution in [-0.4, -0.2) is 7.05 Å². The van der Waals surface area contributed by atoms with Crippen LogP contribution in [0.5, 0.6) is 0 Å². The monoisotopic (exact) mass is 372 g/mol. The summed E-state index contributed by atoms with van der Waals surface area (Å²) in [5, 5.41) is 1.41. The Kier molecular flexibility index (Phi) is 4.55. The molecule has 0 amide bonds. The van der Waals surface area contributed by atoms with E-state index in [1.54, 1.807) is 18.2 Å². The molecule has 134 valence electrons. The van der Waals surface area contributed by atoms with Crippen LogP contribution in [0.25, 0.3) is 11.0 Å². The van der Waals surface area contributed by atoms with Gasteiger partial charge in [0.15, 0.2) is 0 Å². The standard InChI is InChI=1S/C21H19ClFNO2/c1-24(12-17-18(22)6-3-7-19(17)23)11-15-10-21(25)26-20-9-14-5-2-4-13(14)8-16(15)20/h3,6-10H,2,4-5,11-12H2,1H3/p+1. The number of fused-ring (bicyclic) bond motifs is 2. The van der Waals surface area contributed by atoms with Gasteiger partial charge in [0.05, 0.1) is 17.6 Å². The van der Waals surface area contributed by atoms with Gasteiger partial charge in [0.1, 0.15) is 24.5 Å². The molecule has 1 aromatic heterocycles. The Morgan fingerprint density at radius 3 is 2.69 bits per heavy atom. The Hall–Kier alpha value is -2.17. The molecule has 1 N–H and O–H groups in total. The van der Waals surface area contributed by atoms with E-state index in [-0.39, 0.29) is 11.4 Å². The first-order valence-corrected chi connectivity index (χ1v) is 9.22. The molecule has 0 saturated heterocycles. The van der Waals surface area contributed by atoms with E-state index in [1.807, 2.05) is 13.1 Å². The van der Waals surface area contributed by atoms with E-state index >= 15 is 0 Å². The minimum absolute atomic E-state index is 0.299. The van der Waals surface area contributed by atoms with E-state index in [1.165, 1.54) is 17.2 Å². The molecule has 1 unspecified atom stereocenters. The summed E-state index contributed by atoms with van der Waals surface area (Å²) in [5.74, 6) is -0.299. The van der Waals surface area contributed by atoms with Crippen molar-refractivity contribution in [2.24, 2.45) is 0 Å². The predicted octanol–water partition coefficient (Wildman–Crippen LogP) is 3.29. The van der Waals surface area contributed by atoms with Gasteiger partial charge in [0.2, 0.25) is 0 Å². The van der Waals surface area contributed by atoms with Gasteiger partial charge >= 0.3 is 5.63 Å². The van der Waals surface area contributed by atoms with Crippen LogP contribution in [0.3, 0.4) is 0 Å². The highest BCUT2D eigenvalue weighted by atomic mass is 35.5. The van der Waals surface area contributed by atoms with Gasteiger partial charge in [-0.25, -0.2) is 9.18 Å². The minimum atomic E-state index is -0.345. The summed E-state index contributed by atoms with van der Waals surface area (Å²) in [5.41, 5.74) is 4.34. The predicted molar refractivity (Wildman–Crippen MR) is 100 cm³/mol. The van der Waals surface area contributed by atoms with Crippen molar-refractivity contribution in [3.63, 3.8) is 0 Å². The molecular formula is C21H20ClFNO2+. The van der Waals surface area contributed by atoms with E-state index in [2.05, 4.69) is 6.07 Å². The SMILES string of the molecule is C[NH+](Cc1c(F)cccc1Cl)Cc1cc(=O)oc2cc3c(cc12)CCC3. The molecule has 0 spiro atoms. The maximum atomic E-state index is 14.1. The van der Waals surface area contributed by atoms with Crippen molar-refractivity contribution in [2.75, 3.05) is 7.05 Å². The number of hydrogen-bond donors (Lipinski definition) is 1. The maximum Gasteiger partial charge on any atom is 0.336 e. The zero-order chi connectivity index (χ0) is 18.3. The third-order valence-electron chi connectivity index (χ3n) is 5.08. The van der Waals surface area contributed by atoms with E-state index < -0.39 is 0 Å². The Balaban J connectivity index is 1.67. The van der Waals surface area contributed by atoms with Crippen LogP contribution in [0.2, 0.25) is 5.02 Å². The van der Waals surface area contributed by atoms with Gasteiger partial charge in [-0.05, 0) is 54.7 Å². The van der Waals surface area contributed by atoms with Gasteiger partial charge in [-0.2, -0.15) is 0 Å².